The van der Waals surface area contributed by atoms with Crippen LogP contribution in [0.4, 0.5) is 0 Å². The number of amides is 1. The molecule has 1 aromatic rings. The number of carbonyl (C=O) groups is 1. The highest BCUT2D eigenvalue weighted by Gasteiger charge is 2.42. The predicted octanol–water partition coefficient (Wildman–Crippen LogP) is 3.65. The maximum absolute atomic E-state index is 12.6. The van der Waals surface area contributed by atoms with Crippen LogP contribution in [-0.2, 0) is 0 Å². The Labute approximate surface area is 138 Å². The molecule has 2 aliphatic rings. The molecule has 0 radical (unpaired) electrons. The van der Waals surface area contributed by atoms with Gasteiger partial charge in [-0.25, -0.2) is 0 Å². The number of nitrogens with one attached hydrogen (secondary N) is 1. The number of benzene rings is 1. The normalized spacial score (nSPS) is 26.8. The molecule has 1 N–H and O–H groups in total. The number of carbonyl (C=O) groups excluding carboxylic acids is 1. The minimum absolute atomic E-state index is 0.0242. The third-order valence-corrected chi connectivity index (χ3v) is 5.52. The van der Waals surface area contributed by atoms with Crippen LogP contribution in [0.2, 0.25) is 0 Å². The minimum atomic E-state index is -0.0242. The van der Waals surface area contributed by atoms with E-state index >= 15 is 0 Å². The van der Waals surface area contributed by atoms with Crippen molar-refractivity contribution in [2.45, 2.75) is 45.6 Å². The molecular formula is C19H27NO3. The van der Waals surface area contributed by atoms with Crippen LogP contribution in [0.3, 0.4) is 0 Å². The first-order chi connectivity index (χ1) is 11.1. The van der Waals surface area contributed by atoms with Crippen LogP contribution in [0.15, 0.2) is 18.2 Å². The fourth-order valence-corrected chi connectivity index (χ4v) is 4.39. The van der Waals surface area contributed by atoms with E-state index < -0.39 is 0 Å². The van der Waals surface area contributed by atoms with Gasteiger partial charge in [0.25, 0.3) is 5.91 Å². The molecule has 2 bridgehead atoms. The molecule has 2 fully saturated rings. The lowest BCUT2D eigenvalue weighted by Crippen LogP contribution is -2.40. The third kappa shape index (κ3) is 3.31. The maximum Gasteiger partial charge on any atom is 0.251 e. The summed E-state index contributed by atoms with van der Waals surface area (Å²) in [6, 6.07) is 5.59. The highest BCUT2D eigenvalue weighted by Crippen LogP contribution is 2.49. The minimum Gasteiger partial charge on any atom is -0.493 e. The van der Waals surface area contributed by atoms with Gasteiger partial charge >= 0.3 is 0 Å². The molecule has 0 aromatic heterocycles. The first-order valence-electron chi connectivity index (χ1n) is 8.74. The molecule has 4 heteroatoms. The van der Waals surface area contributed by atoms with Crippen molar-refractivity contribution in [3.05, 3.63) is 23.8 Å². The van der Waals surface area contributed by atoms with Crippen molar-refractivity contribution >= 4 is 5.91 Å². The van der Waals surface area contributed by atoms with Crippen LogP contribution in [0.5, 0.6) is 11.5 Å². The molecule has 2 aliphatic carbocycles. The Bertz CT molecular complexity index is 572. The molecular weight excluding hydrogens is 290 g/mol. The van der Waals surface area contributed by atoms with Gasteiger partial charge in [-0.3, -0.25) is 4.79 Å². The quantitative estimate of drug-likeness (QED) is 0.871. The van der Waals surface area contributed by atoms with Gasteiger partial charge in [0.05, 0.1) is 13.7 Å². The van der Waals surface area contributed by atoms with E-state index in [1.54, 1.807) is 25.3 Å². The monoisotopic (exact) mass is 317 g/mol. The highest BCUT2D eigenvalue weighted by molar-refractivity contribution is 5.95. The average molecular weight is 317 g/mol. The molecule has 0 saturated heterocycles. The smallest absolute Gasteiger partial charge is 0.251 e. The molecule has 1 aromatic carbocycles. The van der Waals surface area contributed by atoms with Gasteiger partial charge in [0, 0.05) is 11.6 Å². The molecule has 0 heterocycles. The fraction of sp³-hybridized carbons (Fsp3) is 0.632. The van der Waals surface area contributed by atoms with Crippen LogP contribution >= 0.6 is 0 Å². The number of ether oxygens (including phenoxy) is 2. The Morgan fingerprint density at radius 1 is 1.30 bits per heavy atom. The zero-order valence-electron chi connectivity index (χ0n) is 14.3. The van der Waals surface area contributed by atoms with Crippen molar-refractivity contribution in [2.24, 2.45) is 17.8 Å². The van der Waals surface area contributed by atoms with Gasteiger partial charge in [-0.2, -0.15) is 0 Å². The third-order valence-electron chi connectivity index (χ3n) is 5.52. The summed E-state index contributed by atoms with van der Waals surface area (Å²) in [6.07, 6.45) is 5.37. The lowest BCUT2D eigenvalue weighted by Gasteiger charge is -2.28. The summed E-state index contributed by atoms with van der Waals surface area (Å²) in [5.74, 6) is 3.60. The number of methoxy groups -OCH3 is 1. The molecule has 0 aliphatic heterocycles. The first-order valence-corrected chi connectivity index (χ1v) is 8.74. The van der Waals surface area contributed by atoms with Gasteiger partial charge < -0.3 is 14.8 Å². The van der Waals surface area contributed by atoms with Crippen LogP contribution in [0, 0.1) is 17.8 Å². The summed E-state index contributed by atoms with van der Waals surface area (Å²) in [7, 11) is 1.61. The van der Waals surface area contributed by atoms with Crippen molar-refractivity contribution < 1.29 is 14.3 Å². The second kappa shape index (κ2) is 6.81. The van der Waals surface area contributed by atoms with E-state index in [0.29, 0.717) is 29.6 Å². The van der Waals surface area contributed by atoms with E-state index in [2.05, 4.69) is 12.2 Å². The van der Waals surface area contributed by atoms with Gasteiger partial charge in [0.15, 0.2) is 11.5 Å². The first kappa shape index (κ1) is 16.2. The van der Waals surface area contributed by atoms with E-state index in [9.17, 15) is 4.79 Å². The molecule has 4 unspecified atom stereocenters. The number of fused-ring (bicyclic) bond motifs is 2. The molecule has 0 spiro atoms. The van der Waals surface area contributed by atoms with E-state index in [1.807, 2.05) is 6.92 Å². The molecule has 126 valence electrons. The molecule has 4 nitrogen and oxygen atoms in total. The maximum atomic E-state index is 12.6. The second-order valence-corrected chi connectivity index (χ2v) is 6.90. The van der Waals surface area contributed by atoms with Crippen LogP contribution in [0.1, 0.15) is 49.9 Å². The van der Waals surface area contributed by atoms with E-state index in [4.69, 9.17) is 9.47 Å². The number of hydrogen-bond donors (Lipinski definition) is 1. The van der Waals surface area contributed by atoms with Gasteiger partial charge in [-0.05, 0) is 69.1 Å². The second-order valence-electron chi connectivity index (χ2n) is 6.90. The molecule has 23 heavy (non-hydrogen) atoms. The Morgan fingerprint density at radius 2 is 2.13 bits per heavy atom. The van der Waals surface area contributed by atoms with Crippen LogP contribution < -0.4 is 14.8 Å². The summed E-state index contributed by atoms with van der Waals surface area (Å²) in [4.78, 5) is 12.6. The molecule has 2 saturated carbocycles. The van der Waals surface area contributed by atoms with Crippen LogP contribution in [0.25, 0.3) is 0 Å². The fourth-order valence-electron chi connectivity index (χ4n) is 4.39. The topological polar surface area (TPSA) is 47.6 Å². The molecule has 3 rings (SSSR count). The number of rotatable bonds is 6. The van der Waals surface area contributed by atoms with Crippen molar-refractivity contribution in [3.63, 3.8) is 0 Å². The van der Waals surface area contributed by atoms with Gasteiger partial charge in [0.2, 0.25) is 0 Å². The zero-order chi connectivity index (χ0) is 16.4. The molecule has 1 amide bonds. The Morgan fingerprint density at radius 3 is 2.74 bits per heavy atom. The SMILES string of the molecule is CCOc1cc(C(=O)NC(C)C2CC3CCC2C3)ccc1OC. The van der Waals surface area contributed by atoms with Crippen molar-refractivity contribution in [2.75, 3.05) is 13.7 Å². The highest BCUT2D eigenvalue weighted by atomic mass is 16.5. The lowest BCUT2D eigenvalue weighted by atomic mass is 9.84. The lowest BCUT2D eigenvalue weighted by molar-refractivity contribution is 0.0914. The van der Waals surface area contributed by atoms with Gasteiger partial charge in [0.1, 0.15) is 0 Å². The summed E-state index contributed by atoms with van der Waals surface area (Å²) in [6.45, 7) is 4.61. The largest absolute Gasteiger partial charge is 0.493 e. The Hall–Kier alpha value is -1.71. The summed E-state index contributed by atoms with van der Waals surface area (Å²) < 4.78 is 10.8. The number of hydrogen-bond acceptors (Lipinski definition) is 3. The molecule has 4 atom stereocenters. The van der Waals surface area contributed by atoms with E-state index in [0.717, 1.165) is 11.8 Å². The van der Waals surface area contributed by atoms with Crippen LogP contribution in [-0.4, -0.2) is 25.7 Å². The van der Waals surface area contributed by atoms with E-state index in [1.165, 1.54) is 25.7 Å². The van der Waals surface area contributed by atoms with Crippen molar-refractivity contribution in [1.82, 2.24) is 5.32 Å². The Balaban J connectivity index is 1.66. The zero-order valence-corrected chi connectivity index (χ0v) is 14.3. The standard InChI is InChI=1S/C19H27NO3/c1-4-23-18-11-15(7-8-17(18)22-3)19(21)20-12(2)16-10-13-5-6-14(16)9-13/h7-8,11-14,16H,4-6,9-10H2,1-3H3,(H,20,21). The summed E-state index contributed by atoms with van der Waals surface area (Å²) in [5, 5.41) is 3.19. The average Bonchev–Trinajstić information content (AvgIpc) is 3.18. The predicted molar refractivity (Wildman–Crippen MR) is 90.0 cm³/mol. The summed E-state index contributed by atoms with van der Waals surface area (Å²) >= 11 is 0. The van der Waals surface area contributed by atoms with Gasteiger partial charge in [-0.1, -0.05) is 6.42 Å². The van der Waals surface area contributed by atoms with Gasteiger partial charge in [-0.15, -0.1) is 0 Å². The van der Waals surface area contributed by atoms with E-state index in [-0.39, 0.29) is 11.9 Å². The van der Waals surface area contributed by atoms with Crippen molar-refractivity contribution in [1.29, 1.82) is 0 Å². The van der Waals surface area contributed by atoms with Crippen molar-refractivity contribution in [3.8, 4) is 11.5 Å². The summed E-state index contributed by atoms with van der Waals surface area (Å²) in [5.41, 5.74) is 0.629. The Kier molecular flexibility index (Phi) is 4.79.